The third kappa shape index (κ3) is 11.0. The second kappa shape index (κ2) is 17.2. The maximum Gasteiger partial charge on any atom is 0.305 e. The van der Waals surface area contributed by atoms with Crippen molar-refractivity contribution in [1.29, 1.82) is 0 Å². The SMILES string of the molecule is O=C1CCCN1c1ccccc1.O=CNCCC(=O)O.c1cc2c(nc1CCCN1CCCCC1)NCCC2. The van der Waals surface area contributed by atoms with Gasteiger partial charge in [0.15, 0.2) is 0 Å². The number of carboxylic acid groups (broad SMARTS) is 1. The minimum absolute atomic E-state index is 0.0151. The second-order valence-electron chi connectivity index (χ2n) is 10.0. The van der Waals surface area contributed by atoms with Gasteiger partial charge in [0.25, 0.3) is 0 Å². The molecule has 2 amide bonds. The first-order valence-electron chi connectivity index (χ1n) is 14.3. The third-order valence-corrected chi connectivity index (χ3v) is 7.02. The number of anilines is 2. The summed E-state index contributed by atoms with van der Waals surface area (Å²) in [5.74, 6) is 0.488. The van der Waals surface area contributed by atoms with Crippen LogP contribution in [0, 0.1) is 0 Å². The van der Waals surface area contributed by atoms with Crippen LogP contribution in [0.15, 0.2) is 42.5 Å². The lowest BCUT2D eigenvalue weighted by Crippen LogP contribution is -2.30. The molecule has 212 valence electrons. The van der Waals surface area contributed by atoms with E-state index in [0.29, 0.717) is 12.8 Å². The van der Waals surface area contributed by atoms with Crippen LogP contribution in [0.5, 0.6) is 0 Å². The van der Waals surface area contributed by atoms with Gasteiger partial charge < -0.3 is 25.5 Å². The molecule has 0 saturated carbocycles. The van der Waals surface area contributed by atoms with Crippen molar-refractivity contribution < 1.29 is 19.5 Å². The fourth-order valence-electron chi connectivity index (χ4n) is 4.94. The van der Waals surface area contributed by atoms with Gasteiger partial charge in [0, 0.05) is 37.4 Å². The van der Waals surface area contributed by atoms with E-state index in [1.165, 1.54) is 69.4 Å². The van der Waals surface area contributed by atoms with Crippen molar-refractivity contribution in [3.8, 4) is 0 Å². The van der Waals surface area contributed by atoms with Crippen LogP contribution in [0.2, 0.25) is 0 Å². The van der Waals surface area contributed by atoms with Gasteiger partial charge in [-0.1, -0.05) is 30.7 Å². The van der Waals surface area contributed by atoms with Gasteiger partial charge in [0.1, 0.15) is 5.82 Å². The summed E-state index contributed by atoms with van der Waals surface area (Å²) >= 11 is 0. The van der Waals surface area contributed by atoms with Crippen LogP contribution in [-0.4, -0.2) is 72.5 Å². The molecule has 9 nitrogen and oxygen atoms in total. The quantitative estimate of drug-likeness (QED) is 0.329. The molecule has 3 aliphatic heterocycles. The maximum absolute atomic E-state index is 11.3. The number of carbonyl (C=O) groups excluding carboxylic acids is 2. The number of para-hydroxylation sites is 1. The topological polar surface area (TPSA) is 115 Å². The summed E-state index contributed by atoms with van der Waals surface area (Å²) in [5.41, 5.74) is 3.68. The molecule has 3 aliphatic rings. The first-order chi connectivity index (χ1) is 19.1. The fraction of sp³-hybridized carbons (Fsp3) is 0.533. The number of aryl methyl sites for hydroxylation is 2. The smallest absolute Gasteiger partial charge is 0.305 e. The van der Waals surface area contributed by atoms with Gasteiger partial charge in [-0.2, -0.15) is 0 Å². The largest absolute Gasteiger partial charge is 0.481 e. The zero-order valence-electron chi connectivity index (χ0n) is 22.9. The zero-order valence-corrected chi connectivity index (χ0v) is 22.9. The van der Waals surface area contributed by atoms with E-state index in [-0.39, 0.29) is 18.9 Å². The van der Waals surface area contributed by atoms with Gasteiger partial charge >= 0.3 is 5.97 Å². The Labute approximate surface area is 232 Å². The monoisotopic (exact) mass is 537 g/mol. The number of aliphatic carboxylic acids is 1. The molecule has 0 atom stereocenters. The average Bonchev–Trinajstić information content (AvgIpc) is 3.40. The maximum atomic E-state index is 11.3. The Bertz CT molecular complexity index is 1030. The third-order valence-electron chi connectivity index (χ3n) is 7.02. The Morgan fingerprint density at radius 1 is 1.00 bits per heavy atom. The number of nitrogens with one attached hydrogen (secondary N) is 2. The highest BCUT2D eigenvalue weighted by molar-refractivity contribution is 5.95. The molecule has 2 saturated heterocycles. The summed E-state index contributed by atoms with van der Waals surface area (Å²) in [4.78, 5) is 39.7. The van der Waals surface area contributed by atoms with Crippen LogP contribution < -0.4 is 15.5 Å². The molecule has 2 aromatic rings. The van der Waals surface area contributed by atoms with Crippen LogP contribution >= 0.6 is 0 Å². The van der Waals surface area contributed by atoms with Gasteiger partial charge in [0.2, 0.25) is 12.3 Å². The highest BCUT2D eigenvalue weighted by Gasteiger charge is 2.20. The molecule has 3 N–H and O–H groups in total. The Morgan fingerprint density at radius 3 is 2.49 bits per heavy atom. The van der Waals surface area contributed by atoms with Crippen LogP contribution in [0.1, 0.15) is 62.6 Å². The van der Waals surface area contributed by atoms with Crippen LogP contribution in [0.4, 0.5) is 11.5 Å². The lowest BCUT2D eigenvalue weighted by Gasteiger charge is -2.26. The van der Waals surface area contributed by atoms with E-state index in [1.54, 1.807) is 0 Å². The molecular formula is C30H43N5O4. The molecule has 5 rings (SSSR count). The van der Waals surface area contributed by atoms with Crippen LogP contribution in [0.25, 0.3) is 0 Å². The van der Waals surface area contributed by atoms with E-state index in [2.05, 4.69) is 27.7 Å². The minimum Gasteiger partial charge on any atom is -0.481 e. The number of carboxylic acids is 1. The molecule has 1 aromatic carbocycles. The molecule has 0 spiro atoms. The van der Waals surface area contributed by atoms with E-state index >= 15 is 0 Å². The Balaban J connectivity index is 0.000000180. The summed E-state index contributed by atoms with van der Waals surface area (Å²) in [6.45, 7) is 6.02. The van der Waals surface area contributed by atoms with Gasteiger partial charge in [-0.25, -0.2) is 4.98 Å². The van der Waals surface area contributed by atoms with E-state index < -0.39 is 5.97 Å². The highest BCUT2D eigenvalue weighted by atomic mass is 16.4. The normalized spacial score (nSPS) is 16.5. The predicted octanol–water partition coefficient (Wildman–Crippen LogP) is 3.88. The van der Waals surface area contributed by atoms with Crippen molar-refractivity contribution in [2.75, 3.05) is 49.5 Å². The summed E-state index contributed by atoms with van der Waals surface area (Å²) in [7, 11) is 0. The zero-order chi connectivity index (χ0) is 27.7. The summed E-state index contributed by atoms with van der Waals surface area (Å²) in [6.07, 6.45) is 11.1. The molecule has 9 heteroatoms. The Kier molecular flexibility index (Phi) is 13.3. The standard InChI is InChI=1S/C16H25N3.C10H11NO.C4H7NO3/c1-2-11-19(12-3-1)13-5-7-15-9-8-14-6-4-10-17-16(14)18-15;12-10-7-4-8-11(10)9-5-2-1-3-6-9;6-3-5-2-1-4(7)8/h8-9H,1-7,10-13H2,(H,17,18);1-3,5-6H,4,7-8H2;3H,1-2H2,(H,5,6)(H,7,8). The van der Waals surface area contributed by atoms with E-state index in [4.69, 9.17) is 10.1 Å². The van der Waals surface area contributed by atoms with Crippen LogP contribution in [-0.2, 0) is 27.2 Å². The number of amides is 2. The number of benzene rings is 1. The number of piperidine rings is 1. The lowest BCUT2D eigenvalue weighted by molar-refractivity contribution is -0.136. The molecule has 2 fully saturated rings. The average molecular weight is 538 g/mol. The number of pyridine rings is 1. The number of likely N-dealkylation sites (tertiary alicyclic amines) is 1. The van der Waals surface area contributed by atoms with E-state index in [1.807, 2.05) is 35.2 Å². The molecule has 4 heterocycles. The molecule has 1 aromatic heterocycles. The summed E-state index contributed by atoms with van der Waals surface area (Å²) in [5, 5.41) is 13.6. The van der Waals surface area contributed by atoms with Crippen molar-refractivity contribution in [2.45, 2.75) is 64.2 Å². The first kappa shape index (κ1) is 30.1. The second-order valence-corrected chi connectivity index (χ2v) is 10.0. The van der Waals surface area contributed by atoms with Gasteiger partial charge in [-0.05, 0) is 88.3 Å². The molecular weight excluding hydrogens is 494 g/mol. The van der Waals surface area contributed by atoms with Gasteiger partial charge in [-0.15, -0.1) is 0 Å². The Morgan fingerprint density at radius 2 is 1.79 bits per heavy atom. The minimum atomic E-state index is -0.903. The van der Waals surface area contributed by atoms with Crippen molar-refractivity contribution in [3.63, 3.8) is 0 Å². The molecule has 0 radical (unpaired) electrons. The van der Waals surface area contributed by atoms with Crippen molar-refractivity contribution >= 4 is 29.8 Å². The number of rotatable bonds is 9. The van der Waals surface area contributed by atoms with Crippen molar-refractivity contribution in [1.82, 2.24) is 15.2 Å². The molecule has 0 bridgehead atoms. The number of hydrogen-bond acceptors (Lipinski definition) is 6. The fourth-order valence-corrected chi connectivity index (χ4v) is 4.94. The number of carbonyl (C=O) groups is 3. The Hall–Kier alpha value is -3.46. The molecule has 0 aliphatic carbocycles. The number of hydrogen-bond donors (Lipinski definition) is 3. The molecule has 39 heavy (non-hydrogen) atoms. The van der Waals surface area contributed by atoms with Crippen molar-refractivity contribution in [2.24, 2.45) is 0 Å². The predicted molar refractivity (Wildman–Crippen MR) is 154 cm³/mol. The highest BCUT2D eigenvalue weighted by Crippen LogP contribution is 2.21. The number of aromatic nitrogens is 1. The van der Waals surface area contributed by atoms with Crippen LogP contribution in [0.3, 0.4) is 0 Å². The van der Waals surface area contributed by atoms with Gasteiger partial charge in [0.05, 0.1) is 6.42 Å². The summed E-state index contributed by atoms with van der Waals surface area (Å²) in [6, 6.07) is 14.3. The summed E-state index contributed by atoms with van der Waals surface area (Å²) < 4.78 is 0. The number of fused-ring (bicyclic) bond motifs is 1. The number of nitrogens with zero attached hydrogens (tertiary/aromatic N) is 3. The van der Waals surface area contributed by atoms with Gasteiger partial charge in [-0.3, -0.25) is 14.4 Å². The lowest BCUT2D eigenvalue weighted by atomic mass is 10.1. The first-order valence-corrected chi connectivity index (χ1v) is 14.3. The van der Waals surface area contributed by atoms with E-state index in [9.17, 15) is 14.4 Å². The molecule has 0 unspecified atom stereocenters. The van der Waals surface area contributed by atoms with E-state index in [0.717, 1.165) is 37.4 Å². The van der Waals surface area contributed by atoms with Crippen molar-refractivity contribution in [3.05, 3.63) is 53.7 Å².